The van der Waals surface area contributed by atoms with E-state index in [1.54, 1.807) is 30.3 Å². The molecule has 0 unspecified atom stereocenters. The minimum absolute atomic E-state index is 0.0196. The van der Waals surface area contributed by atoms with E-state index in [0.717, 1.165) is 11.3 Å². The van der Waals surface area contributed by atoms with Crippen LogP contribution in [0.25, 0.3) is 0 Å². The van der Waals surface area contributed by atoms with Gasteiger partial charge in [0.05, 0.1) is 27.3 Å². The molecule has 2 rings (SSSR count). The molecule has 0 spiro atoms. The lowest BCUT2D eigenvalue weighted by atomic mass is 10.2. The Labute approximate surface area is 159 Å². The smallest absolute Gasteiger partial charge is 0.307 e. The van der Waals surface area contributed by atoms with E-state index in [-0.39, 0.29) is 18.6 Å². The van der Waals surface area contributed by atoms with Crippen molar-refractivity contribution in [3.8, 4) is 6.07 Å². The lowest BCUT2D eigenvalue weighted by Crippen LogP contribution is -2.30. The van der Waals surface area contributed by atoms with Gasteiger partial charge in [-0.25, -0.2) is 0 Å². The molecule has 0 saturated carbocycles. The summed E-state index contributed by atoms with van der Waals surface area (Å²) < 4.78 is 5.54. The number of rotatable bonds is 7. The zero-order valence-corrected chi connectivity index (χ0v) is 15.4. The highest BCUT2D eigenvalue weighted by Crippen LogP contribution is 2.23. The second-order valence-corrected chi connectivity index (χ2v) is 7.06. The number of nitrogens with one attached hydrogen (secondary N) is 1. The number of nitriles is 1. The van der Waals surface area contributed by atoms with Crippen LogP contribution in [-0.4, -0.2) is 23.8 Å². The van der Waals surface area contributed by atoms with Crippen LogP contribution in [0.2, 0.25) is 4.34 Å². The Bertz CT molecular complexity index is 872. The van der Waals surface area contributed by atoms with E-state index in [9.17, 15) is 14.4 Å². The van der Waals surface area contributed by atoms with E-state index in [2.05, 4.69) is 5.32 Å². The summed E-state index contributed by atoms with van der Waals surface area (Å²) in [5, 5.41) is 11.4. The van der Waals surface area contributed by atoms with E-state index in [1.807, 2.05) is 6.07 Å². The van der Waals surface area contributed by atoms with Crippen molar-refractivity contribution >= 4 is 46.3 Å². The fourth-order valence-corrected chi connectivity index (χ4v) is 3.03. The molecule has 2 aromatic rings. The van der Waals surface area contributed by atoms with Crippen LogP contribution in [0, 0.1) is 11.3 Å². The summed E-state index contributed by atoms with van der Waals surface area (Å²) >= 11 is 6.92. The third kappa shape index (κ3) is 5.69. The Kier molecular flexibility index (Phi) is 6.89. The molecule has 0 radical (unpaired) electrons. The minimum atomic E-state index is -1.03. The van der Waals surface area contributed by atoms with Crippen LogP contribution in [0.5, 0.6) is 0 Å². The average Bonchev–Trinajstić information content (AvgIpc) is 3.06. The third-order valence-electron chi connectivity index (χ3n) is 3.34. The molecule has 1 N–H and O–H groups in total. The fraction of sp³-hybridized carbons (Fsp3) is 0.222. The van der Waals surface area contributed by atoms with Crippen molar-refractivity contribution in [2.24, 2.45) is 0 Å². The molecule has 0 saturated heterocycles. The molecule has 134 valence electrons. The summed E-state index contributed by atoms with van der Waals surface area (Å²) in [6.45, 7) is 1.43. The first-order valence-electron chi connectivity index (χ1n) is 7.68. The summed E-state index contributed by atoms with van der Waals surface area (Å²) in [6.07, 6.45) is -1.18. The first kappa shape index (κ1) is 19.6. The summed E-state index contributed by atoms with van der Waals surface area (Å²) in [5.41, 5.74) is 0.835. The van der Waals surface area contributed by atoms with Crippen LogP contribution in [0.4, 0.5) is 5.69 Å². The predicted molar refractivity (Wildman–Crippen MR) is 98.2 cm³/mol. The lowest BCUT2D eigenvalue weighted by Gasteiger charge is -2.13. The molecule has 0 fully saturated rings. The summed E-state index contributed by atoms with van der Waals surface area (Å²) in [6, 6.07) is 11.6. The quantitative estimate of drug-likeness (QED) is 0.572. The van der Waals surface area contributed by atoms with Gasteiger partial charge in [0.1, 0.15) is 0 Å². The molecule has 1 amide bonds. The molecule has 8 heteroatoms. The van der Waals surface area contributed by atoms with Crippen molar-refractivity contribution in [3.63, 3.8) is 0 Å². The Morgan fingerprint density at radius 3 is 2.69 bits per heavy atom. The zero-order chi connectivity index (χ0) is 19.1. The third-order valence-corrected chi connectivity index (χ3v) is 4.61. The number of carbonyl (C=O) groups excluding carboxylic acids is 3. The van der Waals surface area contributed by atoms with Crippen LogP contribution in [0.3, 0.4) is 0 Å². The highest BCUT2D eigenvalue weighted by atomic mass is 35.5. The maximum Gasteiger partial charge on any atom is 0.307 e. The molecule has 1 aromatic heterocycles. The topological polar surface area (TPSA) is 96.3 Å². The van der Waals surface area contributed by atoms with Gasteiger partial charge in [-0.2, -0.15) is 5.26 Å². The van der Waals surface area contributed by atoms with Gasteiger partial charge in [0.15, 0.2) is 11.9 Å². The van der Waals surface area contributed by atoms with Crippen molar-refractivity contribution in [1.82, 2.24) is 0 Å². The van der Waals surface area contributed by atoms with Gasteiger partial charge in [-0.05, 0) is 37.3 Å². The number of hydrogen-bond donors (Lipinski definition) is 1. The molecule has 0 aliphatic carbocycles. The number of nitrogens with zero attached hydrogens (tertiary/aromatic N) is 1. The summed E-state index contributed by atoms with van der Waals surface area (Å²) in [4.78, 5) is 36.3. The van der Waals surface area contributed by atoms with Crippen molar-refractivity contribution in [1.29, 1.82) is 5.26 Å². The molecule has 1 atom stereocenters. The number of Topliss-reactive ketones (excluding diaryl/α,β-unsaturated/α-hetero) is 1. The number of hydrogen-bond acceptors (Lipinski definition) is 6. The average molecular weight is 391 g/mol. The maximum absolute atomic E-state index is 12.1. The number of ether oxygens (including phenoxy) is 1. The van der Waals surface area contributed by atoms with Gasteiger partial charge in [0.2, 0.25) is 0 Å². The molecular weight excluding hydrogens is 376 g/mol. The first-order valence-corrected chi connectivity index (χ1v) is 8.87. The number of esters is 1. The Balaban J connectivity index is 1.81. The summed E-state index contributed by atoms with van der Waals surface area (Å²) in [7, 11) is 0. The standard InChI is InChI=1S/C18H15ClN2O4S/c1-11(18(24)21-13-4-2-3-12(9-13)10-20)25-17(23)8-5-14(22)15-6-7-16(19)26-15/h2-4,6-7,9,11H,5,8H2,1H3,(H,21,24)/t11-/m0/s1. The molecule has 0 aliphatic rings. The van der Waals surface area contributed by atoms with E-state index in [1.165, 1.54) is 13.0 Å². The number of anilines is 1. The van der Waals surface area contributed by atoms with Gasteiger partial charge < -0.3 is 10.1 Å². The number of benzene rings is 1. The predicted octanol–water partition coefficient (Wildman–Crippen LogP) is 3.81. The van der Waals surface area contributed by atoms with Gasteiger partial charge in [-0.1, -0.05) is 17.7 Å². The highest BCUT2D eigenvalue weighted by molar-refractivity contribution is 7.18. The van der Waals surface area contributed by atoms with Gasteiger partial charge in [-0.3, -0.25) is 14.4 Å². The molecule has 1 heterocycles. The van der Waals surface area contributed by atoms with E-state index in [4.69, 9.17) is 21.6 Å². The van der Waals surface area contributed by atoms with Crippen LogP contribution in [0.15, 0.2) is 36.4 Å². The second kappa shape index (κ2) is 9.13. The molecule has 0 bridgehead atoms. The molecule has 26 heavy (non-hydrogen) atoms. The van der Waals surface area contributed by atoms with E-state index >= 15 is 0 Å². The van der Waals surface area contributed by atoms with Crippen LogP contribution < -0.4 is 5.32 Å². The number of thiophene rings is 1. The van der Waals surface area contributed by atoms with Crippen molar-refractivity contribution in [2.75, 3.05) is 5.32 Å². The van der Waals surface area contributed by atoms with Gasteiger partial charge in [0, 0.05) is 12.1 Å². The van der Waals surface area contributed by atoms with Crippen molar-refractivity contribution in [3.05, 3.63) is 51.2 Å². The maximum atomic E-state index is 12.1. The highest BCUT2D eigenvalue weighted by Gasteiger charge is 2.19. The first-order chi connectivity index (χ1) is 12.4. The monoisotopic (exact) mass is 390 g/mol. The minimum Gasteiger partial charge on any atom is -0.453 e. The number of halogens is 1. The van der Waals surface area contributed by atoms with Gasteiger partial charge in [-0.15, -0.1) is 11.3 Å². The Hall–Kier alpha value is -2.69. The lowest BCUT2D eigenvalue weighted by molar-refractivity contribution is -0.153. The molecular formula is C18H15ClN2O4S. The SMILES string of the molecule is C[C@H](OC(=O)CCC(=O)c1ccc(Cl)s1)C(=O)Nc1cccc(C#N)c1. The van der Waals surface area contributed by atoms with E-state index in [0.29, 0.717) is 20.5 Å². The van der Waals surface area contributed by atoms with Crippen LogP contribution in [0.1, 0.15) is 35.0 Å². The Morgan fingerprint density at radius 2 is 2.04 bits per heavy atom. The normalized spacial score (nSPS) is 11.3. The molecule has 6 nitrogen and oxygen atoms in total. The summed E-state index contributed by atoms with van der Waals surface area (Å²) in [5.74, 6) is -1.37. The second-order valence-electron chi connectivity index (χ2n) is 5.34. The van der Waals surface area contributed by atoms with Crippen molar-refractivity contribution < 1.29 is 19.1 Å². The van der Waals surface area contributed by atoms with E-state index < -0.39 is 18.0 Å². The molecule has 1 aromatic carbocycles. The Morgan fingerprint density at radius 1 is 1.27 bits per heavy atom. The van der Waals surface area contributed by atoms with Crippen LogP contribution >= 0.6 is 22.9 Å². The van der Waals surface area contributed by atoms with Crippen molar-refractivity contribution in [2.45, 2.75) is 25.9 Å². The zero-order valence-electron chi connectivity index (χ0n) is 13.8. The number of amides is 1. The number of carbonyl (C=O) groups is 3. The largest absolute Gasteiger partial charge is 0.453 e. The van der Waals surface area contributed by atoms with Gasteiger partial charge in [0.25, 0.3) is 5.91 Å². The van der Waals surface area contributed by atoms with Crippen LogP contribution in [-0.2, 0) is 14.3 Å². The number of ketones is 1. The fourth-order valence-electron chi connectivity index (χ4n) is 2.02. The van der Waals surface area contributed by atoms with Gasteiger partial charge >= 0.3 is 5.97 Å². The molecule has 0 aliphatic heterocycles.